The molecule has 19 heavy (non-hydrogen) atoms. The van der Waals surface area contributed by atoms with Crippen molar-refractivity contribution in [1.29, 1.82) is 0 Å². The molecule has 1 N–H and O–H groups in total. The van der Waals surface area contributed by atoms with Crippen LogP contribution < -0.4 is 5.32 Å². The maximum atomic E-state index is 4.50. The first-order valence-electron chi connectivity index (χ1n) is 6.43. The number of hydrogen-bond donors (Lipinski definition) is 1. The van der Waals surface area contributed by atoms with Gasteiger partial charge in [0.1, 0.15) is 0 Å². The Morgan fingerprint density at radius 2 is 2.05 bits per heavy atom. The summed E-state index contributed by atoms with van der Waals surface area (Å²) in [5.41, 5.74) is 1.33. The normalized spacial score (nSPS) is 16.1. The van der Waals surface area contributed by atoms with Crippen LogP contribution in [-0.2, 0) is 6.42 Å². The molecule has 0 saturated heterocycles. The fourth-order valence-corrected chi connectivity index (χ4v) is 3.68. The highest BCUT2D eigenvalue weighted by Gasteiger charge is 2.16. The van der Waals surface area contributed by atoms with Crippen LogP contribution in [0.4, 0.5) is 0 Å². The molecule has 1 aliphatic rings. The van der Waals surface area contributed by atoms with E-state index >= 15 is 0 Å². The van der Waals surface area contributed by atoms with Gasteiger partial charge in [0, 0.05) is 17.1 Å². The second kappa shape index (κ2) is 6.26. The molecule has 1 atom stereocenters. The van der Waals surface area contributed by atoms with Gasteiger partial charge in [-0.1, -0.05) is 48.2 Å². The Hall–Kier alpha value is -1.26. The molecule has 1 aromatic heterocycles. The van der Waals surface area contributed by atoms with Crippen LogP contribution in [-0.4, -0.2) is 17.5 Å². The number of nitrogens with one attached hydrogen (secondary N) is 1. The topological polar surface area (TPSA) is 24.4 Å². The lowest BCUT2D eigenvalue weighted by Crippen LogP contribution is -2.26. The Morgan fingerprint density at radius 3 is 2.74 bits per heavy atom. The summed E-state index contributed by atoms with van der Waals surface area (Å²) >= 11 is 3.64. The Labute approximate surface area is 122 Å². The number of thioether (sulfide) groups is 1. The minimum atomic E-state index is 0.309. The van der Waals surface area contributed by atoms with E-state index in [0.717, 1.165) is 23.9 Å². The summed E-state index contributed by atoms with van der Waals surface area (Å²) in [7, 11) is 0. The van der Waals surface area contributed by atoms with E-state index in [-0.39, 0.29) is 0 Å². The van der Waals surface area contributed by atoms with Gasteiger partial charge >= 0.3 is 0 Å². The van der Waals surface area contributed by atoms with Crippen LogP contribution in [0.5, 0.6) is 0 Å². The van der Waals surface area contributed by atoms with Gasteiger partial charge in [-0.2, -0.15) is 0 Å². The standard InChI is InChI=1S/C15H16N2S2/c1-2-5-12(6-3-1)14(11-13-7-4-9-18-13)17-15-16-8-10-19-15/h1-7,9,14H,8,10-11H2,(H,16,17). The number of rotatable bonds is 4. The van der Waals surface area contributed by atoms with Crippen molar-refractivity contribution in [1.82, 2.24) is 5.32 Å². The van der Waals surface area contributed by atoms with Crippen molar-refractivity contribution < 1.29 is 0 Å². The molecule has 3 rings (SSSR count). The second-order valence-electron chi connectivity index (χ2n) is 4.43. The van der Waals surface area contributed by atoms with E-state index < -0.39 is 0 Å². The average molecular weight is 288 g/mol. The molecule has 0 saturated carbocycles. The number of benzene rings is 1. The van der Waals surface area contributed by atoms with E-state index in [2.05, 4.69) is 58.2 Å². The Bertz CT molecular complexity index is 535. The minimum Gasteiger partial charge on any atom is -0.358 e. The highest BCUT2D eigenvalue weighted by molar-refractivity contribution is 8.14. The number of hydrogen-bond acceptors (Lipinski definition) is 4. The highest BCUT2D eigenvalue weighted by Crippen LogP contribution is 2.23. The third-order valence-corrected chi connectivity index (χ3v) is 4.88. The monoisotopic (exact) mass is 288 g/mol. The lowest BCUT2D eigenvalue weighted by molar-refractivity contribution is 0.654. The largest absolute Gasteiger partial charge is 0.358 e. The van der Waals surface area contributed by atoms with Crippen LogP contribution in [0, 0.1) is 0 Å². The van der Waals surface area contributed by atoms with Crippen molar-refractivity contribution in [3.8, 4) is 0 Å². The molecular weight excluding hydrogens is 272 g/mol. The molecule has 4 heteroatoms. The summed E-state index contributed by atoms with van der Waals surface area (Å²) in [6.45, 7) is 0.938. The smallest absolute Gasteiger partial charge is 0.157 e. The minimum absolute atomic E-state index is 0.309. The van der Waals surface area contributed by atoms with E-state index in [1.54, 1.807) is 0 Å². The SMILES string of the molecule is c1ccc(C(Cc2cccs2)NC2=NCCS2)cc1. The van der Waals surface area contributed by atoms with E-state index in [1.165, 1.54) is 10.4 Å². The van der Waals surface area contributed by atoms with Crippen LogP contribution in [0.15, 0.2) is 52.8 Å². The van der Waals surface area contributed by atoms with Gasteiger partial charge in [0.05, 0.1) is 12.6 Å². The lowest BCUT2D eigenvalue weighted by atomic mass is 10.0. The predicted molar refractivity (Wildman–Crippen MR) is 85.1 cm³/mol. The van der Waals surface area contributed by atoms with Gasteiger partial charge in [-0.15, -0.1) is 11.3 Å². The van der Waals surface area contributed by atoms with Crippen molar-refractivity contribution in [2.24, 2.45) is 4.99 Å². The summed E-state index contributed by atoms with van der Waals surface area (Å²) in [5, 5.41) is 6.82. The predicted octanol–water partition coefficient (Wildman–Crippen LogP) is 3.72. The number of nitrogens with zero attached hydrogens (tertiary/aromatic N) is 1. The van der Waals surface area contributed by atoms with Gasteiger partial charge in [0.15, 0.2) is 5.17 Å². The zero-order valence-corrected chi connectivity index (χ0v) is 12.2. The van der Waals surface area contributed by atoms with Crippen molar-refractivity contribution in [3.05, 3.63) is 58.3 Å². The van der Waals surface area contributed by atoms with Gasteiger partial charge in [-0.05, 0) is 17.0 Å². The zero-order valence-electron chi connectivity index (χ0n) is 10.6. The number of thiophene rings is 1. The molecule has 1 unspecified atom stereocenters. The third kappa shape index (κ3) is 3.39. The maximum Gasteiger partial charge on any atom is 0.157 e. The molecule has 0 bridgehead atoms. The average Bonchev–Trinajstić information content (AvgIpc) is 3.12. The lowest BCUT2D eigenvalue weighted by Gasteiger charge is -2.19. The molecule has 0 amide bonds. The van der Waals surface area contributed by atoms with E-state index in [4.69, 9.17) is 0 Å². The number of amidine groups is 1. The third-order valence-electron chi connectivity index (χ3n) is 3.07. The fraction of sp³-hybridized carbons (Fsp3) is 0.267. The molecule has 1 aromatic carbocycles. The van der Waals surface area contributed by atoms with Crippen LogP contribution >= 0.6 is 23.1 Å². The number of aliphatic imine (C=N–C) groups is 1. The molecule has 0 fully saturated rings. The summed E-state index contributed by atoms with van der Waals surface area (Å²) < 4.78 is 0. The van der Waals surface area contributed by atoms with Crippen molar-refractivity contribution >= 4 is 28.3 Å². The van der Waals surface area contributed by atoms with Crippen LogP contribution in [0.1, 0.15) is 16.5 Å². The molecule has 1 aliphatic heterocycles. The second-order valence-corrected chi connectivity index (χ2v) is 6.54. The Morgan fingerprint density at radius 1 is 1.16 bits per heavy atom. The Balaban J connectivity index is 1.78. The van der Waals surface area contributed by atoms with Gasteiger partial charge < -0.3 is 5.32 Å². The quantitative estimate of drug-likeness (QED) is 0.927. The van der Waals surface area contributed by atoms with Gasteiger partial charge in [0.2, 0.25) is 0 Å². The summed E-state index contributed by atoms with van der Waals surface area (Å²) in [5.74, 6) is 1.10. The van der Waals surface area contributed by atoms with E-state index in [0.29, 0.717) is 6.04 Å². The molecule has 0 radical (unpaired) electrons. The van der Waals surface area contributed by atoms with Crippen molar-refractivity contribution in [2.75, 3.05) is 12.3 Å². The van der Waals surface area contributed by atoms with Crippen LogP contribution in [0.2, 0.25) is 0 Å². The fourth-order valence-electron chi connectivity index (χ4n) is 2.14. The first-order chi connectivity index (χ1) is 9.42. The highest BCUT2D eigenvalue weighted by atomic mass is 32.2. The molecular formula is C15H16N2S2. The molecule has 0 spiro atoms. The molecule has 2 aromatic rings. The first kappa shape index (κ1) is 12.8. The maximum absolute atomic E-state index is 4.50. The van der Waals surface area contributed by atoms with Crippen molar-refractivity contribution in [2.45, 2.75) is 12.5 Å². The molecule has 2 heterocycles. The zero-order chi connectivity index (χ0) is 12.9. The van der Waals surface area contributed by atoms with Gasteiger partial charge in [-0.3, -0.25) is 4.99 Å². The van der Waals surface area contributed by atoms with Gasteiger partial charge in [-0.25, -0.2) is 0 Å². The summed E-state index contributed by atoms with van der Waals surface area (Å²) in [6, 6.07) is 15.3. The van der Waals surface area contributed by atoms with E-state index in [9.17, 15) is 0 Å². The summed E-state index contributed by atoms with van der Waals surface area (Å²) in [4.78, 5) is 5.91. The Kier molecular flexibility index (Phi) is 4.20. The van der Waals surface area contributed by atoms with Crippen LogP contribution in [0.3, 0.4) is 0 Å². The summed E-state index contributed by atoms with van der Waals surface area (Å²) in [6.07, 6.45) is 1.02. The van der Waals surface area contributed by atoms with Crippen LogP contribution in [0.25, 0.3) is 0 Å². The molecule has 2 nitrogen and oxygen atoms in total. The molecule has 98 valence electrons. The van der Waals surface area contributed by atoms with E-state index in [1.807, 2.05) is 23.1 Å². The molecule has 0 aliphatic carbocycles. The first-order valence-corrected chi connectivity index (χ1v) is 8.29. The van der Waals surface area contributed by atoms with Crippen molar-refractivity contribution in [3.63, 3.8) is 0 Å². The van der Waals surface area contributed by atoms with Gasteiger partial charge in [0.25, 0.3) is 0 Å².